The molecule has 0 unspecified atom stereocenters. The van der Waals surface area contributed by atoms with Gasteiger partial charge in [-0.3, -0.25) is 0 Å². The van der Waals surface area contributed by atoms with E-state index in [1.807, 2.05) is 0 Å². The van der Waals surface area contributed by atoms with Gasteiger partial charge in [-0.25, -0.2) is 0 Å². The van der Waals surface area contributed by atoms with E-state index in [1.165, 1.54) is 32.1 Å². The van der Waals surface area contributed by atoms with Gasteiger partial charge in [0.15, 0.2) is 0 Å². The molecule has 0 heterocycles. The molecular weight excluding hydrogens is 112 g/mol. The molecular formula is C7H16N2. The molecule has 1 saturated carbocycles. The Labute approximate surface area is 56.8 Å². The van der Waals surface area contributed by atoms with Crippen molar-refractivity contribution >= 4 is 0 Å². The molecule has 1 rings (SSSR count). The molecule has 0 radical (unpaired) electrons. The largest absolute Gasteiger partial charge is 0.318 e. The first-order chi connectivity index (χ1) is 4.43. The topological polar surface area (TPSA) is 38.0 Å². The van der Waals surface area contributed by atoms with Crippen LogP contribution in [0, 0.1) is 0 Å². The van der Waals surface area contributed by atoms with Crippen LogP contribution in [0.4, 0.5) is 0 Å². The summed E-state index contributed by atoms with van der Waals surface area (Å²) in [6, 6.07) is 0.726. The van der Waals surface area contributed by atoms with Crippen molar-refractivity contribution in [1.29, 1.82) is 0 Å². The molecule has 0 aromatic rings. The van der Waals surface area contributed by atoms with Crippen LogP contribution in [-0.4, -0.2) is 12.7 Å². The zero-order chi connectivity index (χ0) is 6.53. The highest BCUT2D eigenvalue weighted by Gasteiger charge is 2.10. The Morgan fingerprint density at radius 2 is 1.89 bits per heavy atom. The SMILES string of the molecule is NCNC1CCCCC1. The maximum Gasteiger partial charge on any atom is 0.0430 e. The second-order valence-corrected chi connectivity index (χ2v) is 2.74. The Morgan fingerprint density at radius 3 is 2.44 bits per heavy atom. The Morgan fingerprint density at radius 1 is 1.22 bits per heavy atom. The van der Waals surface area contributed by atoms with Crippen LogP contribution in [0.3, 0.4) is 0 Å². The van der Waals surface area contributed by atoms with Gasteiger partial charge in [-0.05, 0) is 12.8 Å². The van der Waals surface area contributed by atoms with Crippen molar-refractivity contribution in [2.24, 2.45) is 5.73 Å². The summed E-state index contributed by atoms with van der Waals surface area (Å²) in [5.41, 5.74) is 5.35. The van der Waals surface area contributed by atoms with E-state index < -0.39 is 0 Å². The third-order valence-corrected chi connectivity index (χ3v) is 2.01. The van der Waals surface area contributed by atoms with Crippen molar-refractivity contribution in [3.63, 3.8) is 0 Å². The van der Waals surface area contributed by atoms with E-state index in [0.717, 1.165) is 6.04 Å². The Balaban J connectivity index is 2.08. The van der Waals surface area contributed by atoms with E-state index in [4.69, 9.17) is 5.73 Å². The second kappa shape index (κ2) is 3.85. The lowest BCUT2D eigenvalue weighted by Gasteiger charge is -2.21. The molecule has 2 nitrogen and oxygen atoms in total. The first-order valence-corrected chi connectivity index (χ1v) is 3.87. The van der Waals surface area contributed by atoms with Crippen molar-refractivity contribution in [3.05, 3.63) is 0 Å². The minimum atomic E-state index is 0.644. The average Bonchev–Trinajstić information content (AvgIpc) is 1.91. The zero-order valence-corrected chi connectivity index (χ0v) is 5.90. The van der Waals surface area contributed by atoms with Crippen LogP contribution in [0.25, 0.3) is 0 Å². The van der Waals surface area contributed by atoms with Crippen LogP contribution < -0.4 is 11.1 Å². The number of nitrogens with two attached hydrogens (primary N) is 1. The zero-order valence-electron chi connectivity index (χ0n) is 5.90. The first kappa shape index (κ1) is 7.03. The van der Waals surface area contributed by atoms with Gasteiger partial charge in [0, 0.05) is 12.7 Å². The van der Waals surface area contributed by atoms with Crippen molar-refractivity contribution in [3.8, 4) is 0 Å². The van der Waals surface area contributed by atoms with Crippen LogP contribution in [0.5, 0.6) is 0 Å². The lowest BCUT2D eigenvalue weighted by Crippen LogP contribution is -2.35. The lowest BCUT2D eigenvalue weighted by molar-refractivity contribution is 0.377. The number of hydrogen-bond donors (Lipinski definition) is 2. The van der Waals surface area contributed by atoms with Gasteiger partial charge < -0.3 is 11.1 Å². The molecule has 54 valence electrons. The highest BCUT2D eigenvalue weighted by atomic mass is 15.0. The quantitative estimate of drug-likeness (QED) is 0.540. The highest BCUT2D eigenvalue weighted by molar-refractivity contribution is 4.70. The summed E-state index contributed by atoms with van der Waals surface area (Å²) < 4.78 is 0. The summed E-state index contributed by atoms with van der Waals surface area (Å²) in [6.07, 6.45) is 6.85. The minimum absolute atomic E-state index is 0.644. The van der Waals surface area contributed by atoms with Gasteiger partial charge in [-0.1, -0.05) is 19.3 Å². The number of rotatable bonds is 2. The summed E-state index contributed by atoms with van der Waals surface area (Å²) in [7, 11) is 0. The van der Waals surface area contributed by atoms with Crippen molar-refractivity contribution < 1.29 is 0 Å². The maximum atomic E-state index is 5.35. The van der Waals surface area contributed by atoms with Crippen molar-refractivity contribution in [2.75, 3.05) is 6.67 Å². The molecule has 0 atom stereocenters. The van der Waals surface area contributed by atoms with Gasteiger partial charge in [-0.15, -0.1) is 0 Å². The molecule has 0 aromatic heterocycles. The van der Waals surface area contributed by atoms with E-state index in [9.17, 15) is 0 Å². The molecule has 1 fully saturated rings. The van der Waals surface area contributed by atoms with Gasteiger partial charge in [0.1, 0.15) is 0 Å². The third kappa shape index (κ3) is 2.33. The highest BCUT2D eigenvalue weighted by Crippen LogP contribution is 2.16. The number of hydrogen-bond acceptors (Lipinski definition) is 2. The summed E-state index contributed by atoms with van der Waals surface area (Å²) >= 11 is 0. The molecule has 1 aliphatic carbocycles. The molecule has 0 bridgehead atoms. The van der Waals surface area contributed by atoms with E-state index in [2.05, 4.69) is 5.32 Å². The summed E-state index contributed by atoms with van der Waals surface area (Å²) in [6.45, 7) is 0.644. The van der Waals surface area contributed by atoms with E-state index in [-0.39, 0.29) is 0 Å². The van der Waals surface area contributed by atoms with E-state index in [0.29, 0.717) is 6.67 Å². The van der Waals surface area contributed by atoms with Gasteiger partial charge in [0.2, 0.25) is 0 Å². The Bertz CT molecular complexity index is 64.6. The first-order valence-electron chi connectivity index (χ1n) is 3.87. The standard InChI is InChI=1S/C7H16N2/c8-6-9-7-4-2-1-3-5-7/h7,9H,1-6,8H2. The lowest BCUT2D eigenvalue weighted by atomic mass is 9.96. The van der Waals surface area contributed by atoms with E-state index >= 15 is 0 Å². The van der Waals surface area contributed by atoms with Crippen LogP contribution in [-0.2, 0) is 0 Å². The average molecular weight is 128 g/mol. The Kier molecular flexibility index (Phi) is 3.01. The number of nitrogens with one attached hydrogen (secondary N) is 1. The van der Waals surface area contributed by atoms with Gasteiger partial charge in [0.05, 0.1) is 0 Å². The fraction of sp³-hybridized carbons (Fsp3) is 1.00. The molecule has 0 spiro atoms. The molecule has 2 heteroatoms. The predicted octanol–water partition coefficient (Wildman–Crippen LogP) is 0.825. The maximum absolute atomic E-state index is 5.35. The van der Waals surface area contributed by atoms with Crippen molar-refractivity contribution in [2.45, 2.75) is 38.1 Å². The van der Waals surface area contributed by atoms with Crippen LogP contribution in [0.1, 0.15) is 32.1 Å². The minimum Gasteiger partial charge on any atom is -0.318 e. The molecule has 1 aliphatic rings. The summed E-state index contributed by atoms with van der Waals surface area (Å²) in [5, 5.41) is 3.26. The normalized spacial score (nSPS) is 22.3. The molecule has 3 N–H and O–H groups in total. The molecule has 0 aliphatic heterocycles. The van der Waals surface area contributed by atoms with Crippen LogP contribution in [0.15, 0.2) is 0 Å². The molecule has 9 heavy (non-hydrogen) atoms. The predicted molar refractivity (Wildman–Crippen MR) is 39.1 cm³/mol. The van der Waals surface area contributed by atoms with E-state index in [1.54, 1.807) is 0 Å². The third-order valence-electron chi connectivity index (χ3n) is 2.01. The molecule has 0 aromatic carbocycles. The molecule has 0 saturated heterocycles. The smallest absolute Gasteiger partial charge is 0.0430 e. The second-order valence-electron chi connectivity index (χ2n) is 2.74. The van der Waals surface area contributed by atoms with Gasteiger partial charge >= 0.3 is 0 Å². The Hall–Kier alpha value is -0.0800. The fourth-order valence-corrected chi connectivity index (χ4v) is 1.47. The van der Waals surface area contributed by atoms with Gasteiger partial charge in [-0.2, -0.15) is 0 Å². The molecule has 0 amide bonds. The van der Waals surface area contributed by atoms with Crippen molar-refractivity contribution in [1.82, 2.24) is 5.32 Å². The monoisotopic (exact) mass is 128 g/mol. The summed E-state index contributed by atoms with van der Waals surface area (Å²) in [5.74, 6) is 0. The summed E-state index contributed by atoms with van der Waals surface area (Å²) in [4.78, 5) is 0. The van der Waals surface area contributed by atoms with Crippen LogP contribution in [0.2, 0.25) is 0 Å². The fourth-order valence-electron chi connectivity index (χ4n) is 1.47. The van der Waals surface area contributed by atoms with Gasteiger partial charge in [0.25, 0.3) is 0 Å². The van der Waals surface area contributed by atoms with Crippen LogP contribution >= 0.6 is 0 Å².